The van der Waals surface area contributed by atoms with Crippen LogP contribution in [0, 0.1) is 10.1 Å². The number of hydrogen-bond acceptors (Lipinski definition) is 6. The number of carbonyl (C=O) groups excluding carboxylic acids is 2. The molecule has 0 bridgehead atoms. The van der Waals surface area contributed by atoms with E-state index in [2.05, 4.69) is 5.32 Å². The molecule has 0 aliphatic heterocycles. The highest BCUT2D eigenvalue weighted by Crippen LogP contribution is 2.28. The SMILES string of the molecule is CCNC(=O)[C@H](C)N(Cc1c(Cl)cccc1Cl)C(=O)CN(c1cccc([N+](=O)[O-])c1)S(C)(=O)=O. The average molecular weight is 531 g/mol. The van der Waals surface area contributed by atoms with Crippen molar-refractivity contribution in [3.63, 3.8) is 0 Å². The number of benzene rings is 2. The van der Waals surface area contributed by atoms with Gasteiger partial charge in [0.25, 0.3) is 5.69 Å². The highest BCUT2D eigenvalue weighted by Gasteiger charge is 2.31. The summed E-state index contributed by atoms with van der Waals surface area (Å²) in [4.78, 5) is 37.6. The molecule has 10 nitrogen and oxygen atoms in total. The van der Waals surface area contributed by atoms with E-state index in [-0.39, 0.29) is 28.0 Å². The molecule has 2 aromatic rings. The highest BCUT2D eigenvalue weighted by atomic mass is 35.5. The maximum Gasteiger partial charge on any atom is 0.271 e. The van der Waals surface area contributed by atoms with Gasteiger partial charge in [-0.15, -0.1) is 0 Å². The van der Waals surface area contributed by atoms with E-state index in [9.17, 15) is 28.1 Å². The van der Waals surface area contributed by atoms with E-state index in [4.69, 9.17) is 23.2 Å². The molecule has 0 saturated carbocycles. The van der Waals surface area contributed by atoms with Gasteiger partial charge in [-0.25, -0.2) is 8.42 Å². The van der Waals surface area contributed by atoms with Gasteiger partial charge in [0, 0.05) is 40.8 Å². The molecule has 0 aromatic heterocycles. The van der Waals surface area contributed by atoms with E-state index in [0.29, 0.717) is 12.1 Å². The second-order valence-electron chi connectivity index (χ2n) is 7.34. The molecule has 2 amide bonds. The van der Waals surface area contributed by atoms with Crippen LogP contribution in [0.5, 0.6) is 0 Å². The molecule has 2 rings (SSSR count). The Morgan fingerprint density at radius 1 is 1.15 bits per heavy atom. The average Bonchev–Trinajstić information content (AvgIpc) is 2.76. The summed E-state index contributed by atoms with van der Waals surface area (Å²) in [6, 6.07) is 8.69. The predicted molar refractivity (Wildman–Crippen MR) is 130 cm³/mol. The van der Waals surface area contributed by atoms with E-state index in [1.54, 1.807) is 25.1 Å². The third-order valence-electron chi connectivity index (χ3n) is 4.92. The lowest BCUT2D eigenvalue weighted by molar-refractivity contribution is -0.384. The summed E-state index contributed by atoms with van der Waals surface area (Å²) in [6.07, 6.45) is 0.877. The van der Waals surface area contributed by atoms with Crippen molar-refractivity contribution in [2.45, 2.75) is 26.4 Å². The zero-order chi connectivity index (χ0) is 25.6. The maximum absolute atomic E-state index is 13.4. The van der Waals surface area contributed by atoms with E-state index in [0.717, 1.165) is 21.5 Å². The zero-order valence-electron chi connectivity index (χ0n) is 18.7. The van der Waals surface area contributed by atoms with Crippen LogP contribution in [0.25, 0.3) is 0 Å². The Balaban J connectivity index is 2.48. The fourth-order valence-corrected chi connectivity index (χ4v) is 4.49. The molecule has 0 spiro atoms. The highest BCUT2D eigenvalue weighted by molar-refractivity contribution is 7.92. The lowest BCUT2D eigenvalue weighted by Crippen LogP contribution is -2.51. The third-order valence-corrected chi connectivity index (χ3v) is 6.76. The minimum Gasteiger partial charge on any atom is -0.355 e. The van der Waals surface area contributed by atoms with Crippen molar-refractivity contribution in [3.05, 3.63) is 68.2 Å². The van der Waals surface area contributed by atoms with Crippen molar-refractivity contribution in [3.8, 4) is 0 Å². The van der Waals surface area contributed by atoms with Crippen LogP contribution in [0.15, 0.2) is 42.5 Å². The van der Waals surface area contributed by atoms with Gasteiger partial charge >= 0.3 is 0 Å². The van der Waals surface area contributed by atoms with Gasteiger partial charge in [-0.3, -0.25) is 24.0 Å². The summed E-state index contributed by atoms with van der Waals surface area (Å²) in [5.74, 6) is -1.19. The van der Waals surface area contributed by atoms with Crippen molar-refractivity contribution in [2.24, 2.45) is 0 Å². The molecule has 1 atom stereocenters. The maximum atomic E-state index is 13.4. The molecule has 0 fully saturated rings. The Morgan fingerprint density at radius 3 is 2.26 bits per heavy atom. The number of nitrogens with one attached hydrogen (secondary N) is 1. The van der Waals surface area contributed by atoms with Crippen LogP contribution >= 0.6 is 23.2 Å². The normalized spacial score (nSPS) is 12.0. The first kappa shape index (κ1) is 27.4. The van der Waals surface area contributed by atoms with Crippen LogP contribution in [0.1, 0.15) is 19.4 Å². The van der Waals surface area contributed by atoms with Gasteiger partial charge in [0.15, 0.2) is 0 Å². The molecule has 0 heterocycles. The van der Waals surface area contributed by atoms with E-state index < -0.39 is 39.3 Å². The number of rotatable bonds is 10. The Morgan fingerprint density at radius 2 is 1.74 bits per heavy atom. The molecule has 13 heteroatoms. The molecular weight excluding hydrogens is 507 g/mol. The van der Waals surface area contributed by atoms with Gasteiger partial charge in [-0.1, -0.05) is 35.3 Å². The summed E-state index contributed by atoms with van der Waals surface area (Å²) in [5.41, 5.74) is -0.0166. The number of carbonyl (C=O) groups is 2. The van der Waals surface area contributed by atoms with Crippen LogP contribution in [0.3, 0.4) is 0 Å². The van der Waals surface area contributed by atoms with Crippen LogP contribution in [-0.4, -0.2) is 55.4 Å². The number of likely N-dealkylation sites (N-methyl/N-ethyl adjacent to an activating group) is 1. The smallest absolute Gasteiger partial charge is 0.271 e. The first-order chi connectivity index (χ1) is 15.9. The van der Waals surface area contributed by atoms with Crippen molar-refractivity contribution in [1.29, 1.82) is 0 Å². The molecule has 0 saturated heterocycles. The number of nitro groups is 1. The summed E-state index contributed by atoms with van der Waals surface area (Å²) in [6.45, 7) is 2.66. The largest absolute Gasteiger partial charge is 0.355 e. The molecule has 2 aromatic carbocycles. The van der Waals surface area contributed by atoms with Gasteiger partial charge in [-0.05, 0) is 32.0 Å². The number of anilines is 1. The fourth-order valence-electron chi connectivity index (χ4n) is 3.13. The molecule has 0 aliphatic carbocycles. The van der Waals surface area contributed by atoms with Gasteiger partial charge in [-0.2, -0.15) is 0 Å². The van der Waals surface area contributed by atoms with E-state index in [1.807, 2.05) is 0 Å². The molecule has 1 N–H and O–H groups in total. The minimum absolute atomic E-state index is 0.0635. The second kappa shape index (κ2) is 11.5. The summed E-state index contributed by atoms with van der Waals surface area (Å²) >= 11 is 12.5. The predicted octanol–water partition coefficient (Wildman–Crippen LogP) is 3.22. The van der Waals surface area contributed by atoms with Crippen molar-refractivity contribution >= 4 is 56.4 Å². The van der Waals surface area contributed by atoms with Crippen molar-refractivity contribution < 1.29 is 22.9 Å². The first-order valence-corrected chi connectivity index (χ1v) is 12.7. The second-order valence-corrected chi connectivity index (χ2v) is 10.1. The number of halogens is 2. The van der Waals surface area contributed by atoms with Crippen LogP contribution in [0.2, 0.25) is 10.0 Å². The third kappa shape index (κ3) is 6.81. The van der Waals surface area contributed by atoms with Crippen molar-refractivity contribution in [2.75, 3.05) is 23.7 Å². The number of non-ortho nitro benzene ring substituents is 1. The molecule has 0 unspecified atom stereocenters. The van der Waals surface area contributed by atoms with Gasteiger partial charge in [0.1, 0.15) is 12.6 Å². The fraction of sp³-hybridized carbons (Fsp3) is 0.333. The van der Waals surface area contributed by atoms with Crippen LogP contribution in [-0.2, 0) is 26.2 Å². The number of hydrogen-bond donors (Lipinski definition) is 1. The van der Waals surface area contributed by atoms with Gasteiger partial charge < -0.3 is 10.2 Å². The summed E-state index contributed by atoms with van der Waals surface area (Å²) < 4.78 is 25.8. The van der Waals surface area contributed by atoms with E-state index in [1.165, 1.54) is 25.1 Å². The molecular formula is C21H24Cl2N4O6S. The molecule has 184 valence electrons. The number of nitro benzene ring substituents is 1. The lowest BCUT2D eigenvalue weighted by atomic mass is 10.1. The Hall–Kier alpha value is -2.89. The zero-order valence-corrected chi connectivity index (χ0v) is 21.0. The van der Waals surface area contributed by atoms with Crippen LogP contribution in [0.4, 0.5) is 11.4 Å². The molecule has 34 heavy (non-hydrogen) atoms. The lowest BCUT2D eigenvalue weighted by Gasteiger charge is -2.31. The van der Waals surface area contributed by atoms with Crippen molar-refractivity contribution in [1.82, 2.24) is 10.2 Å². The van der Waals surface area contributed by atoms with Crippen LogP contribution < -0.4 is 9.62 Å². The number of amides is 2. The van der Waals surface area contributed by atoms with E-state index >= 15 is 0 Å². The topological polar surface area (TPSA) is 130 Å². The quantitative estimate of drug-likeness (QED) is 0.370. The van der Waals surface area contributed by atoms with Gasteiger partial charge in [0.2, 0.25) is 21.8 Å². The van der Waals surface area contributed by atoms with Gasteiger partial charge in [0.05, 0.1) is 16.9 Å². The number of nitrogens with zero attached hydrogens (tertiary/aromatic N) is 3. The Kier molecular flexibility index (Phi) is 9.25. The first-order valence-electron chi connectivity index (χ1n) is 10.1. The molecule has 0 aliphatic rings. The minimum atomic E-state index is -4.02. The summed E-state index contributed by atoms with van der Waals surface area (Å²) in [7, 11) is -4.02. The summed E-state index contributed by atoms with van der Waals surface area (Å²) in [5, 5.41) is 14.3. The molecule has 0 radical (unpaired) electrons. The Bertz CT molecular complexity index is 1170. The Labute approximate surface area is 207 Å². The standard InChI is InChI=1S/C21H24Cl2N4O6S/c1-4-24-21(29)14(2)25(12-17-18(22)9-6-10-19(17)23)20(28)13-26(34(3,32)33)15-7-5-8-16(11-15)27(30)31/h5-11,14H,4,12-13H2,1-3H3,(H,24,29)/t14-/m0/s1. The monoisotopic (exact) mass is 530 g/mol. The number of sulfonamides is 1.